The number of aromatic nitrogens is 1. The van der Waals surface area contributed by atoms with Crippen LogP contribution in [0, 0.1) is 6.92 Å². The monoisotopic (exact) mass is 251 g/mol. The second kappa shape index (κ2) is 4.22. The summed E-state index contributed by atoms with van der Waals surface area (Å²) < 4.78 is 5.21. The van der Waals surface area contributed by atoms with Crippen molar-refractivity contribution >= 4 is 28.5 Å². The van der Waals surface area contributed by atoms with Gasteiger partial charge in [0.1, 0.15) is 5.75 Å². The summed E-state index contributed by atoms with van der Waals surface area (Å²) in [5.74, 6) is -0.491. The van der Waals surface area contributed by atoms with Crippen molar-refractivity contribution in [2.24, 2.45) is 0 Å². The maximum atomic E-state index is 11.1. The van der Waals surface area contributed by atoms with E-state index in [2.05, 4.69) is 4.98 Å². The molecule has 0 spiro atoms. The quantitative estimate of drug-likeness (QED) is 0.892. The van der Waals surface area contributed by atoms with Crippen molar-refractivity contribution in [3.8, 4) is 5.75 Å². The fraction of sp³-hybridized carbons (Fsp3) is 0.167. The average Bonchev–Trinajstić information content (AvgIpc) is 2.27. The van der Waals surface area contributed by atoms with Crippen LogP contribution in [0.3, 0.4) is 0 Å². The number of carboxylic acid groups (broad SMARTS) is 1. The SMILES string of the molecule is COc1cc(C)nc2c(C(=O)O)cc(Cl)cc12. The van der Waals surface area contributed by atoms with Crippen LogP contribution in [0.2, 0.25) is 5.02 Å². The second-order valence-electron chi connectivity index (χ2n) is 3.62. The predicted molar refractivity (Wildman–Crippen MR) is 65.0 cm³/mol. The van der Waals surface area contributed by atoms with Crippen LogP contribution in [0.1, 0.15) is 16.1 Å². The lowest BCUT2D eigenvalue weighted by atomic mass is 10.1. The molecule has 4 nitrogen and oxygen atoms in total. The third kappa shape index (κ3) is 2.03. The minimum atomic E-state index is -1.06. The Bertz CT molecular complexity index is 610. The standard InChI is InChI=1S/C12H10ClNO3/c1-6-3-10(17-2)8-4-7(13)5-9(12(15)16)11(8)14-6/h3-5H,1-2H3,(H,15,16). The highest BCUT2D eigenvalue weighted by Crippen LogP contribution is 2.30. The molecule has 0 fully saturated rings. The van der Waals surface area contributed by atoms with Crippen molar-refractivity contribution in [2.75, 3.05) is 7.11 Å². The average molecular weight is 252 g/mol. The molecule has 0 saturated carbocycles. The number of carbonyl (C=O) groups is 1. The van der Waals surface area contributed by atoms with Crippen LogP contribution < -0.4 is 4.74 Å². The van der Waals surface area contributed by atoms with Gasteiger partial charge in [-0.05, 0) is 19.1 Å². The van der Waals surface area contributed by atoms with Crippen molar-refractivity contribution in [1.82, 2.24) is 4.98 Å². The van der Waals surface area contributed by atoms with Crippen LogP contribution in [0.15, 0.2) is 18.2 Å². The third-order valence-corrected chi connectivity index (χ3v) is 2.64. The Morgan fingerprint density at radius 2 is 2.12 bits per heavy atom. The Labute approximate surface area is 103 Å². The van der Waals surface area contributed by atoms with Gasteiger partial charge in [-0.3, -0.25) is 4.98 Å². The van der Waals surface area contributed by atoms with Gasteiger partial charge in [0.15, 0.2) is 0 Å². The molecule has 1 N–H and O–H groups in total. The number of carboxylic acids is 1. The molecule has 1 heterocycles. The Morgan fingerprint density at radius 1 is 1.41 bits per heavy atom. The molecule has 2 aromatic rings. The van der Waals surface area contributed by atoms with Crippen molar-refractivity contribution < 1.29 is 14.6 Å². The van der Waals surface area contributed by atoms with Gasteiger partial charge in [0, 0.05) is 22.2 Å². The zero-order valence-corrected chi connectivity index (χ0v) is 10.1. The molecule has 0 atom stereocenters. The van der Waals surface area contributed by atoms with Gasteiger partial charge in [-0.1, -0.05) is 11.6 Å². The smallest absolute Gasteiger partial charge is 0.337 e. The first kappa shape index (κ1) is 11.7. The maximum absolute atomic E-state index is 11.1. The molecule has 1 aromatic carbocycles. The van der Waals surface area contributed by atoms with Gasteiger partial charge >= 0.3 is 5.97 Å². The lowest BCUT2D eigenvalue weighted by Gasteiger charge is -2.09. The maximum Gasteiger partial charge on any atom is 0.337 e. The van der Waals surface area contributed by atoms with Gasteiger partial charge in [0.2, 0.25) is 0 Å². The third-order valence-electron chi connectivity index (χ3n) is 2.42. The van der Waals surface area contributed by atoms with E-state index in [0.29, 0.717) is 27.4 Å². The van der Waals surface area contributed by atoms with E-state index in [4.69, 9.17) is 21.4 Å². The summed E-state index contributed by atoms with van der Waals surface area (Å²) in [6, 6.07) is 4.77. The van der Waals surface area contributed by atoms with E-state index in [0.717, 1.165) is 0 Å². The minimum absolute atomic E-state index is 0.0782. The van der Waals surface area contributed by atoms with Crippen LogP contribution >= 0.6 is 11.6 Å². The topological polar surface area (TPSA) is 59.4 Å². The summed E-state index contributed by atoms with van der Waals surface area (Å²) in [7, 11) is 1.52. The molecule has 17 heavy (non-hydrogen) atoms. The molecule has 0 aliphatic heterocycles. The van der Waals surface area contributed by atoms with E-state index in [1.807, 2.05) is 0 Å². The Kier molecular flexibility index (Phi) is 2.90. The number of ether oxygens (including phenoxy) is 1. The van der Waals surface area contributed by atoms with Crippen molar-refractivity contribution in [2.45, 2.75) is 6.92 Å². The molecule has 88 valence electrons. The number of rotatable bonds is 2. The van der Waals surface area contributed by atoms with Crippen LogP contribution in [0.4, 0.5) is 0 Å². The molecule has 0 bridgehead atoms. The summed E-state index contributed by atoms with van der Waals surface area (Å²) in [6.07, 6.45) is 0. The van der Waals surface area contributed by atoms with E-state index >= 15 is 0 Å². The van der Waals surface area contributed by atoms with Gasteiger partial charge in [0.25, 0.3) is 0 Å². The minimum Gasteiger partial charge on any atom is -0.496 e. The van der Waals surface area contributed by atoms with Crippen LogP contribution in [-0.4, -0.2) is 23.2 Å². The van der Waals surface area contributed by atoms with E-state index in [9.17, 15) is 4.79 Å². The molecular weight excluding hydrogens is 242 g/mol. The van der Waals surface area contributed by atoms with Crippen molar-refractivity contribution in [1.29, 1.82) is 0 Å². The highest BCUT2D eigenvalue weighted by Gasteiger charge is 2.14. The van der Waals surface area contributed by atoms with Crippen molar-refractivity contribution in [3.05, 3.63) is 34.5 Å². The number of aryl methyl sites for hydroxylation is 1. The normalized spacial score (nSPS) is 10.5. The van der Waals surface area contributed by atoms with E-state index < -0.39 is 5.97 Å². The zero-order chi connectivity index (χ0) is 12.6. The first-order valence-corrected chi connectivity index (χ1v) is 5.29. The molecule has 0 aliphatic rings. The Hall–Kier alpha value is -1.81. The number of fused-ring (bicyclic) bond motifs is 1. The summed E-state index contributed by atoms with van der Waals surface area (Å²) in [5.41, 5.74) is 1.16. The van der Waals surface area contributed by atoms with Gasteiger partial charge in [0.05, 0.1) is 18.2 Å². The largest absolute Gasteiger partial charge is 0.496 e. The van der Waals surface area contributed by atoms with Crippen LogP contribution in [0.25, 0.3) is 10.9 Å². The van der Waals surface area contributed by atoms with E-state index in [-0.39, 0.29) is 5.56 Å². The Morgan fingerprint density at radius 3 is 2.71 bits per heavy atom. The second-order valence-corrected chi connectivity index (χ2v) is 4.06. The highest BCUT2D eigenvalue weighted by atomic mass is 35.5. The van der Waals surface area contributed by atoms with Crippen LogP contribution in [-0.2, 0) is 0 Å². The zero-order valence-electron chi connectivity index (χ0n) is 9.32. The fourth-order valence-electron chi connectivity index (χ4n) is 1.72. The summed E-state index contributed by atoms with van der Waals surface area (Å²) >= 11 is 5.89. The summed E-state index contributed by atoms with van der Waals surface area (Å²) in [4.78, 5) is 15.4. The number of hydrogen-bond donors (Lipinski definition) is 1. The molecule has 2 rings (SSSR count). The summed E-state index contributed by atoms with van der Waals surface area (Å²) in [6.45, 7) is 1.78. The van der Waals surface area contributed by atoms with E-state index in [1.165, 1.54) is 13.2 Å². The number of aromatic carboxylic acids is 1. The summed E-state index contributed by atoms with van der Waals surface area (Å²) in [5, 5.41) is 10.1. The molecular formula is C12H10ClNO3. The lowest BCUT2D eigenvalue weighted by Crippen LogP contribution is -2.01. The number of methoxy groups -OCH3 is 1. The highest BCUT2D eigenvalue weighted by molar-refractivity contribution is 6.32. The molecule has 0 saturated heterocycles. The number of halogens is 1. The molecule has 0 radical (unpaired) electrons. The van der Waals surface area contributed by atoms with Gasteiger partial charge in [-0.15, -0.1) is 0 Å². The van der Waals surface area contributed by atoms with Crippen molar-refractivity contribution in [3.63, 3.8) is 0 Å². The van der Waals surface area contributed by atoms with Crippen LogP contribution in [0.5, 0.6) is 5.75 Å². The Balaban J connectivity index is 2.93. The molecule has 0 unspecified atom stereocenters. The lowest BCUT2D eigenvalue weighted by molar-refractivity contribution is 0.0699. The first-order valence-electron chi connectivity index (χ1n) is 4.91. The van der Waals surface area contributed by atoms with E-state index in [1.54, 1.807) is 19.1 Å². The number of benzene rings is 1. The van der Waals surface area contributed by atoms with Gasteiger partial charge in [-0.25, -0.2) is 4.79 Å². The molecule has 1 aromatic heterocycles. The predicted octanol–water partition coefficient (Wildman–Crippen LogP) is 2.90. The van der Waals surface area contributed by atoms with Gasteiger partial charge in [-0.2, -0.15) is 0 Å². The molecule has 0 amide bonds. The van der Waals surface area contributed by atoms with Gasteiger partial charge < -0.3 is 9.84 Å². The first-order chi connectivity index (χ1) is 8.02. The molecule has 0 aliphatic carbocycles. The fourth-order valence-corrected chi connectivity index (χ4v) is 1.93. The number of nitrogens with zero attached hydrogens (tertiary/aromatic N) is 1. The molecule has 5 heteroatoms. The number of pyridine rings is 1. The number of hydrogen-bond acceptors (Lipinski definition) is 3.